The van der Waals surface area contributed by atoms with Gasteiger partial charge in [0.25, 0.3) is 0 Å². The molecule has 1 saturated carbocycles. The van der Waals surface area contributed by atoms with E-state index in [9.17, 15) is 4.79 Å². The summed E-state index contributed by atoms with van der Waals surface area (Å²) in [4.78, 5) is 11.2. The van der Waals surface area contributed by atoms with E-state index < -0.39 is 0 Å². The molecule has 0 aromatic rings. The lowest BCUT2D eigenvalue weighted by Crippen LogP contribution is -2.38. The number of halogens is 1. The van der Waals surface area contributed by atoms with Crippen LogP contribution in [0.15, 0.2) is 0 Å². The average molecular weight is 263 g/mol. The van der Waals surface area contributed by atoms with Crippen LogP contribution in [-0.4, -0.2) is 16.9 Å². The fourth-order valence-corrected chi connectivity index (χ4v) is 2.32. The zero-order chi connectivity index (χ0) is 10.6. The van der Waals surface area contributed by atoms with E-state index >= 15 is 0 Å². The van der Waals surface area contributed by atoms with Crippen LogP contribution < -0.4 is 0 Å². The smallest absolute Gasteiger partial charge is 0.317 e. The first-order chi connectivity index (χ1) is 6.56. The Kier molecular flexibility index (Phi) is 4.42. The van der Waals surface area contributed by atoms with E-state index in [4.69, 9.17) is 4.74 Å². The lowest BCUT2D eigenvalue weighted by molar-refractivity contribution is -0.159. The quantitative estimate of drug-likeness (QED) is 0.577. The van der Waals surface area contributed by atoms with Gasteiger partial charge in [-0.25, -0.2) is 0 Å². The Hall–Kier alpha value is -0.0500. The van der Waals surface area contributed by atoms with Gasteiger partial charge in [0.2, 0.25) is 0 Å². The summed E-state index contributed by atoms with van der Waals surface area (Å²) in [5, 5.41) is 0.295. The Balaban J connectivity index is 2.49. The second kappa shape index (κ2) is 5.15. The van der Waals surface area contributed by atoms with Gasteiger partial charge in [-0.05, 0) is 32.6 Å². The first-order valence-corrected chi connectivity index (χ1v) is 6.46. The molecule has 0 N–H and O–H groups in total. The van der Waals surface area contributed by atoms with Gasteiger partial charge in [0, 0.05) is 0 Å². The first-order valence-electron chi connectivity index (χ1n) is 5.34. The fraction of sp³-hybridized carbons (Fsp3) is 0.909. The van der Waals surface area contributed by atoms with Crippen molar-refractivity contribution in [2.24, 2.45) is 5.92 Å². The van der Waals surface area contributed by atoms with Crippen molar-refractivity contribution in [2.45, 2.75) is 51.6 Å². The topological polar surface area (TPSA) is 26.3 Å². The van der Waals surface area contributed by atoms with E-state index in [2.05, 4.69) is 15.9 Å². The van der Waals surface area contributed by atoms with Crippen LogP contribution in [0, 0.1) is 5.92 Å². The number of ether oxygens (including phenoxy) is 1. The summed E-state index contributed by atoms with van der Waals surface area (Å²) in [5.74, 6) is 0.389. The van der Waals surface area contributed by atoms with Crippen molar-refractivity contribution in [2.75, 3.05) is 5.33 Å². The normalized spacial score (nSPS) is 19.4. The van der Waals surface area contributed by atoms with Gasteiger partial charge in [0.15, 0.2) is 0 Å². The zero-order valence-electron chi connectivity index (χ0n) is 9.01. The van der Waals surface area contributed by atoms with Crippen molar-refractivity contribution < 1.29 is 9.53 Å². The number of esters is 1. The van der Waals surface area contributed by atoms with Crippen LogP contribution in [0.3, 0.4) is 0 Å². The highest BCUT2D eigenvalue weighted by Gasteiger charge is 2.33. The molecule has 0 bridgehead atoms. The molecule has 0 heterocycles. The van der Waals surface area contributed by atoms with Crippen molar-refractivity contribution in [1.29, 1.82) is 0 Å². The standard InChI is InChI=1S/C11H19BrO2/c1-11(2,14-10(13)8-12)9-6-4-3-5-7-9/h9H,3-8H2,1-2H3. The van der Waals surface area contributed by atoms with Crippen LogP contribution in [0.5, 0.6) is 0 Å². The third-order valence-electron chi connectivity index (χ3n) is 3.07. The second-order valence-electron chi connectivity index (χ2n) is 4.55. The fourth-order valence-electron chi connectivity index (χ4n) is 2.20. The molecule has 82 valence electrons. The van der Waals surface area contributed by atoms with Crippen LogP contribution in [0.4, 0.5) is 0 Å². The highest BCUT2D eigenvalue weighted by Crippen LogP contribution is 2.34. The molecule has 0 atom stereocenters. The van der Waals surface area contributed by atoms with Crippen molar-refractivity contribution >= 4 is 21.9 Å². The van der Waals surface area contributed by atoms with Crippen molar-refractivity contribution in [3.05, 3.63) is 0 Å². The number of rotatable bonds is 3. The number of carbonyl (C=O) groups is 1. The molecule has 2 nitrogen and oxygen atoms in total. The van der Waals surface area contributed by atoms with E-state index in [1.54, 1.807) is 0 Å². The summed E-state index contributed by atoms with van der Waals surface area (Å²) >= 11 is 3.12. The molecule has 1 fully saturated rings. The minimum absolute atomic E-state index is 0.152. The van der Waals surface area contributed by atoms with Gasteiger partial charge in [0.1, 0.15) is 10.9 Å². The Morgan fingerprint density at radius 1 is 1.36 bits per heavy atom. The molecule has 0 aromatic heterocycles. The van der Waals surface area contributed by atoms with Crippen LogP contribution in [0.2, 0.25) is 0 Å². The SMILES string of the molecule is CC(C)(OC(=O)CBr)C1CCCCC1. The predicted octanol–water partition coefficient (Wildman–Crippen LogP) is 3.28. The third-order valence-corrected chi connectivity index (χ3v) is 3.53. The van der Waals surface area contributed by atoms with Gasteiger partial charge in [-0.15, -0.1) is 0 Å². The van der Waals surface area contributed by atoms with E-state index in [1.165, 1.54) is 32.1 Å². The largest absolute Gasteiger partial charge is 0.459 e. The Morgan fingerprint density at radius 3 is 2.43 bits per heavy atom. The first kappa shape index (κ1) is 12.0. The molecule has 1 rings (SSSR count). The van der Waals surface area contributed by atoms with E-state index in [-0.39, 0.29) is 11.6 Å². The molecule has 0 spiro atoms. The summed E-state index contributed by atoms with van der Waals surface area (Å²) in [6.45, 7) is 4.06. The third kappa shape index (κ3) is 3.26. The van der Waals surface area contributed by atoms with Crippen LogP contribution in [-0.2, 0) is 9.53 Å². The molecular formula is C11H19BrO2. The Labute approximate surface area is 94.5 Å². The van der Waals surface area contributed by atoms with Gasteiger partial charge in [-0.2, -0.15) is 0 Å². The summed E-state index contributed by atoms with van der Waals surface area (Å²) in [6.07, 6.45) is 6.28. The number of hydrogen-bond donors (Lipinski definition) is 0. The summed E-state index contributed by atoms with van der Waals surface area (Å²) in [6, 6.07) is 0. The minimum Gasteiger partial charge on any atom is -0.459 e. The van der Waals surface area contributed by atoms with E-state index in [1.807, 2.05) is 13.8 Å². The highest BCUT2D eigenvalue weighted by molar-refractivity contribution is 9.09. The molecular weight excluding hydrogens is 244 g/mol. The maximum absolute atomic E-state index is 11.2. The Bertz CT molecular complexity index is 195. The molecule has 0 amide bonds. The van der Waals surface area contributed by atoms with Gasteiger partial charge < -0.3 is 4.74 Å². The average Bonchev–Trinajstić information content (AvgIpc) is 2.18. The van der Waals surface area contributed by atoms with E-state index in [0.29, 0.717) is 11.2 Å². The summed E-state index contributed by atoms with van der Waals surface area (Å²) in [7, 11) is 0. The summed E-state index contributed by atoms with van der Waals surface area (Å²) < 4.78 is 5.44. The Morgan fingerprint density at radius 2 is 1.93 bits per heavy atom. The van der Waals surface area contributed by atoms with Crippen molar-refractivity contribution in [3.8, 4) is 0 Å². The molecule has 1 aliphatic rings. The monoisotopic (exact) mass is 262 g/mol. The number of alkyl halides is 1. The van der Waals surface area contributed by atoms with Crippen LogP contribution in [0.25, 0.3) is 0 Å². The summed E-state index contributed by atoms with van der Waals surface area (Å²) in [5.41, 5.74) is -0.286. The molecule has 3 heteroatoms. The maximum atomic E-state index is 11.2. The lowest BCUT2D eigenvalue weighted by Gasteiger charge is -2.36. The maximum Gasteiger partial charge on any atom is 0.317 e. The van der Waals surface area contributed by atoms with Crippen molar-refractivity contribution in [1.82, 2.24) is 0 Å². The van der Waals surface area contributed by atoms with Crippen molar-refractivity contribution in [3.63, 3.8) is 0 Å². The molecule has 0 radical (unpaired) electrons. The molecule has 0 unspecified atom stereocenters. The molecule has 0 aromatic carbocycles. The lowest BCUT2D eigenvalue weighted by atomic mass is 9.79. The minimum atomic E-state index is -0.286. The molecule has 1 aliphatic carbocycles. The molecule has 0 saturated heterocycles. The zero-order valence-corrected chi connectivity index (χ0v) is 10.6. The van der Waals surface area contributed by atoms with Gasteiger partial charge in [-0.1, -0.05) is 35.2 Å². The number of hydrogen-bond acceptors (Lipinski definition) is 2. The second-order valence-corrected chi connectivity index (χ2v) is 5.11. The number of carbonyl (C=O) groups excluding carboxylic acids is 1. The predicted molar refractivity (Wildman–Crippen MR) is 60.5 cm³/mol. The van der Waals surface area contributed by atoms with Gasteiger partial charge in [-0.3, -0.25) is 4.79 Å². The molecule has 14 heavy (non-hydrogen) atoms. The molecule has 0 aliphatic heterocycles. The van der Waals surface area contributed by atoms with Crippen LogP contribution >= 0.6 is 15.9 Å². The highest BCUT2D eigenvalue weighted by atomic mass is 79.9. The van der Waals surface area contributed by atoms with Gasteiger partial charge >= 0.3 is 5.97 Å². The van der Waals surface area contributed by atoms with E-state index in [0.717, 1.165) is 0 Å². The van der Waals surface area contributed by atoms with Crippen LogP contribution in [0.1, 0.15) is 46.0 Å². The van der Waals surface area contributed by atoms with Gasteiger partial charge in [0.05, 0.1) is 0 Å².